The number of carbonyl (C=O) groups is 2. The lowest BCUT2D eigenvalue weighted by atomic mass is 9.89. The number of aromatic nitrogens is 3. The SMILES string of the molecule is COc1ccc(COC(=O)CO)cc1.C[C@@H](SC1COC(/C=C/C=C/c2ccc(C#N)cc2F)OC1)[C@@](Cn1cncn1)(OC(=O)CO)c1ccc(F)cc1F. The van der Waals surface area contributed by atoms with E-state index in [1.807, 2.05) is 6.07 Å². The highest BCUT2D eigenvalue weighted by atomic mass is 32.2. The van der Waals surface area contributed by atoms with Crippen molar-refractivity contribution in [3.8, 4) is 11.8 Å². The van der Waals surface area contributed by atoms with Crippen LogP contribution in [0.4, 0.5) is 13.2 Å². The molecule has 0 radical (unpaired) electrons. The van der Waals surface area contributed by atoms with Crippen molar-refractivity contribution in [1.82, 2.24) is 14.8 Å². The molecule has 13 nitrogen and oxygen atoms in total. The molecule has 0 amide bonds. The number of benzene rings is 3. The summed E-state index contributed by atoms with van der Waals surface area (Å²) < 4.78 is 71.4. The van der Waals surface area contributed by atoms with E-state index in [1.54, 1.807) is 62.6 Å². The minimum absolute atomic E-state index is 0.0925. The lowest BCUT2D eigenvalue weighted by Gasteiger charge is -2.40. The number of thioether (sulfide) groups is 1. The van der Waals surface area contributed by atoms with E-state index in [2.05, 4.69) is 10.1 Å². The first-order valence-electron chi connectivity index (χ1n) is 16.9. The van der Waals surface area contributed by atoms with E-state index in [4.69, 9.17) is 34.1 Å². The zero-order valence-corrected chi connectivity index (χ0v) is 31.1. The summed E-state index contributed by atoms with van der Waals surface area (Å²) in [4.78, 5) is 26.9. The molecule has 1 aliphatic heterocycles. The number of hydrogen-bond donors (Lipinski definition) is 2. The van der Waals surface area contributed by atoms with E-state index in [0.29, 0.717) is 11.6 Å². The van der Waals surface area contributed by atoms with Crippen LogP contribution in [0.3, 0.4) is 0 Å². The molecule has 2 heterocycles. The van der Waals surface area contributed by atoms with Crippen molar-refractivity contribution >= 4 is 29.8 Å². The summed E-state index contributed by atoms with van der Waals surface area (Å²) in [5.41, 5.74) is -0.393. The molecule has 1 saturated heterocycles. The number of nitrogens with zero attached hydrogens (tertiary/aromatic N) is 4. The van der Waals surface area contributed by atoms with Crippen LogP contribution in [-0.4, -0.2) is 87.2 Å². The van der Waals surface area contributed by atoms with Crippen LogP contribution in [0.2, 0.25) is 0 Å². The highest BCUT2D eigenvalue weighted by Gasteiger charge is 2.46. The van der Waals surface area contributed by atoms with Gasteiger partial charge in [0.2, 0.25) is 0 Å². The molecule has 5 rings (SSSR count). The fraction of sp³-hybridized carbons (Fsp3) is 0.308. The first-order chi connectivity index (χ1) is 27.0. The highest BCUT2D eigenvalue weighted by molar-refractivity contribution is 8.00. The van der Waals surface area contributed by atoms with Crippen molar-refractivity contribution in [2.24, 2.45) is 0 Å². The first kappa shape index (κ1) is 43.2. The third kappa shape index (κ3) is 12.5. The van der Waals surface area contributed by atoms with Gasteiger partial charge in [0.05, 0.1) is 43.8 Å². The van der Waals surface area contributed by atoms with E-state index >= 15 is 4.39 Å². The Labute approximate surface area is 324 Å². The molecule has 0 aliphatic carbocycles. The zero-order chi connectivity index (χ0) is 40.5. The molecule has 2 atom stereocenters. The minimum Gasteiger partial charge on any atom is -0.497 e. The Balaban J connectivity index is 0.000000419. The number of methoxy groups -OCH3 is 1. The second-order valence-corrected chi connectivity index (χ2v) is 13.6. The van der Waals surface area contributed by atoms with Crippen molar-refractivity contribution in [3.05, 3.63) is 131 Å². The van der Waals surface area contributed by atoms with Crippen LogP contribution >= 0.6 is 11.8 Å². The number of hydrogen-bond acceptors (Lipinski definition) is 13. The number of ether oxygens (including phenoxy) is 5. The molecular formula is C39H39F3N4O9S. The molecule has 0 spiro atoms. The lowest BCUT2D eigenvalue weighted by molar-refractivity contribution is -0.167. The quantitative estimate of drug-likeness (QED) is 0.123. The Morgan fingerprint density at radius 2 is 1.77 bits per heavy atom. The smallest absolute Gasteiger partial charge is 0.332 e. The van der Waals surface area contributed by atoms with Crippen molar-refractivity contribution in [3.63, 3.8) is 0 Å². The third-order valence-electron chi connectivity index (χ3n) is 8.09. The fourth-order valence-electron chi connectivity index (χ4n) is 5.29. The molecule has 56 heavy (non-hydrogen) atoms. The number of aliphatic hydroxyl groups excluding tert-OH is 2. The minimum atomic E-state index is -1.71. The van der Waals surface area contributed by atoms with Crippen LogP contribution < -0.4 is 4.74 Å². The zero-order valence-electron chi connectivity index (χ0n) is 30.3. The molecule has 0 bridgehead atoms. The Morgan fingerprint density at radius 1 is 1.04 bits per heavy atom. The summed E-state index contributed by atoms with van der Waals surface area (Å²) in [7, 11) is 1.58. The molecule has 3 aromatic carbocycles. The number of allylic oxidation sites excluding steroid dienone is 2. The van der Waals surface area contributed by atoms with Gasteiger partial charge in [-0.3, -0.25) is 0 Å². The van der Waals surface area contributed by atoms with Crippen LogP contribution in [-0.2, 0) is 47.3 Å². The van der Waals surface area contributed by atoms with Gasteiger partial charge in [0, 0.05) is 22.4 Å². The predicted molar refractivity (Wildman–Crippen MR) is 197 cm³/mol. The van der Waals surface area contributed by atoms with Crippen LogP contribution in [0, 0.1) is 28.8 Å². The lowest BCUT2D eigenvalue weighted by Crippen LogP contribution is -2.47. The van der Waals surface area contributed by atoms with Crippen molar-refractivity contribution in [2.75, 3.05) is 33.5 Å². The number of nitriles is 1. The monoisotopic (exact) mass is 796 g/mol. The highest BCUT2D eigenvalue weighted by Crippen LogP contribution is 2.42. The number of rotatable bonds is 15. The number of aliphatic hydroxyl groups is 2. The summed E-state index contributed by atoms with van der Waals surface area (Å²) in [6.07, 6.45) is 8.42. The van der Waals surface area contributed by atoms with E-state index in [0.717, 1.165) is 23.4 Å². The standard InChI is InChI=1S/C29H27F3N4O5S.C10H12O4/c1-19(29(41-27(38)13-37,16-36-18-34-17-35-36)24-9-8-22(30)11-26(24)32)42-23-14-39-28(40-15-23)5-3-2-4-21-7-6-20(12-33)10-25(21)31;1-13-9-4-2-8(3-5-9)7-14-10(12)6-11/h2-11,17-19,23,28,37H,13-16H2,1H3;2-5,11H,6-7H2,1H3/b4-2+,5-3+;/t19-,23?,28?,29-;/m1./s1. The Bertz CT molecular complexity index is 1990. The van der Waals surface area contributed by atoms with Gasteiger partial charge in [0.1, 0.15) is 55.7 Å². The first-order valence-corrected chi connectivity index (χ1v) is 17.9. The molecule has 1 fully saturated rings. The van der Waals surface area contributed by atoms with Gasteiger partial charge in [-0.15, -0.1) is 11.8 Å². The topological polar surface area (TPSA) is 175 Å². The van der Waals surface area contributed by atoms with Crippen LogP contribution in [0.1, 0.15) is 29.2 Å². The van der Waals surface area contributed by atoms with Gasteiger partial charge in [0.15, 0.2) is 11.9 Å². The molecule has 296 valence electrons. The molecule has 17 heteroatoms. The number of esters is 2. The summed E-state index contributed by atoms with van der Waals surface area (Å²) >= 11 is 1.31. The largest absolute Gasteiger partial charge is 0.497 e. The van der Waals surface area contributed by atoms with Gasteiger partial charge < -0.3 is 33.9 Å². The van der Waals surface area contributed by atoms with Crippen molar-refractivity contribution in [2.45, 2.75) is 42.5 Å². The third-order valence-corrected chi connectivity index (χ3v) is 9.54. The fourth-order valence-corrected chi connectivity index (χ4v) is 6.65. The van der Waals surface area contributed by atoms with Gasteiger partial charge in [-0.05, 0) is 55.0 Å². The van der Waals surface area contributed by atoms with Gasteiger partial charge in [-0.1, -0.05) is 36.4 Å². The maximum absolute atomic E-state index is 15.2. The molecule has 4 aromatic rings. The second-order valence-electron chi connectivity index (χ2n) is 11.9. The Hall–Kier alpha value is -5.51. The number of halogens is 3. The van der Waals surface area contributed by atoms with Crippen molar-refractivity contribution < 1.29 is 56.7 Å². The Kier molecular flexibility index (Phi) is 16.6. The molecule has 2 N–H and O–H groups in total. The number of carbonyl (C=O) groups excluding carboxylic acids is 2. The maximum Gasteiger partial charge on any atom is 0.332 e. The van der Waals surface area contributed by atoms with Crippen LogP contribution in [0.25, 0.3) is 6.08 Å². The van der Waals surface area contributed by atoms with E-state index in [9.17, 15) is 23.5 Å². The summed E-state index contributed by atoms with van der Waals surface area (Å²) in [6.45, 7) is 0.652. The van der Waals surface area contributed by atoms with E-state index in [1.165, 1.54) is 47.3 Å². The van der Waals surface area contributed by atoms with Gasteiger partial charge in [-0.2, -0.15) is 10.4 Å². The van der Waals surface area contributed by atoms with Gasteiger partial charge >= 0.3 is 11.9 Å². The normalized spacial score (nSPS) is 17.0. The second kappa shape index (κ2) is 21.5. The van der Waals surface area contributed by atoms with Crippen LogP contribution in [0.15, 0.2) is 91.5 Å². The summed E-state index contributed by atoms with van der Waals surface area (Å²) in [6, 6.07) is 16.2. The summed E-state index contributed by atoms with van der Waals surface area (Å²) in [5.74, 6) is -3.11. The molecule has 0 unspecified atom stereocenters. The Morgan fingerprint density at radius 3 is 2.38 bits per heavy atom. The molecular weight excluding hydrogens is 758 g/mol. The average molecular weight is 797 g/mol. The molecule has 1 aromatic heterocycles. The molecule has 0 saturated carbocycles. The van der Waals surface area contributed by atoms with E-state index in [-0.39, 0.29) is 42.7 Å². The average Bonchev–Trinajstić information content (AvgIpc) is 3.72. The van der Waals surface area contributed by atoms with Gasteiger partial charge in [0.25, 0.3) is 0 Å². The van der Waals surface area contributed by atoms with Crippen molar-refractivity contribution in [1.29, 1.82) is 5.26 Å². The molecule has 1 aliphatic rings. The predicted octanol–water partition coefficient (Wildman–Crippen LogP) is 4.86. The van der Waals surface area contributed by atoms with Crippen LogP contribution in [0.5, 0.6) is 5.75 Å². The summed E-state index contributed by atoms with van der Waals surface area (Å²) in [5, 5.41) is 29.8. The maximum atomic E-state index is 15.2. The van der Waals surface area contributed by atoms with E-state index < -0.39 is 59.7 Å². The van der Waals surface area contributed by atoms with Gasteiger partial charge in [-0.25, -0.2) is 32.4 Å².